The highest BCUT2D eigenvalue weighted by atomic mass is 35.5. The number of ether oxygens (including phenoxy) is 4. The lowest BCUT2D eigenvalue weighted by atomic mass is 10.0. The summed E-state index contributed by atoms with van der Waals surface area (Å²) in [7, 11) is 2.72. The number of nitrogens with zero attached hydrogens (tertiary/aromatic N) is 2. The number of aromatic amines is 2. The Hall–Kier alpha value is -4.94. The van der Waals surface area contributed by atoms with Gasteiger partial charge >= 0.3 is 11.9 Å². The van der Waals surface area contributed by atoms with Crippen LogP contribution in [0.4, 0.5) is 0 Å². The van der Waals surface area contributed by atoms with Gasteiger partial charge in [0.15, 0.2) is 0 Å². The van der Waals surface area contributed by atoms with Gasteiger partial charge in [-0.15, -0.1) is 0 Å². The Morgan fingerprint density at radius 1 is 0.560 bits per heavy atom. The zero-order valence-corrected chi connectivity index (χ0v) is 28.9. The van der Waals surface area contributed by atoms with E-state index in [1.807, 2.05) is 72.8 Å². The van der Waals surface area contributed by atoms with Gasteiger partial charge in [0.2, 0.25) is 0 Å². The average molecular weight is 712 g/mol. The lowest BCUT2D eigenvalue weighted by Gasteiger charge is -2.22. The topological polar surface area (TPSA) is 135 Å². The first kappa shape index (κ1) is 33.6. The first-order valence-electron chi connectivity index (χ1n) is 15.5. The van der Waals surface area contributed by atoms with Crippen molar-refractivity contribution in [2.45, 2.75) is 25.8 Å². The Balaban J connectivity index is 1.49. The van der Waals surface area contributed by atoms with Gasteiger partial charge in [-0.05, 0) is 84.0 Å². The summed E-state index contributed by atoms with van der Waals surface area (Å²) in [6, 6.07) is 22.1. The molecule has 10 nitrogen and oxygen atoms in total. The Morgan fingerprint density at radius 2 is 0.940 bits per heavy atom. The van der Waals surface area contributed by atoms with E-state index in [4.69, 9.17) is 52.1 Å². The molecule has 5 aromatic rings. The van der Waals surface area contributed by atoms with Crippen LogP contribution in [0.5, 0.6) is 11.5 Å². The molecular weight excluding hydrogens is 679 g/mol. The highest BCUT2D eigenvalue weighted by molar-refractivity contribution is 6.36. The Morgan fingerprint density at radius 3 is 1.34 bits per heavy atom. The summed E-state index contributed by atoms with van der Waals surface area (Å²) in [5.41, 5.74) is 8.15. The molecule has 2 aromatic carbocycles. The minimum Gasteiger partial charge on any atom is -0.439 e. The van der Waals surface area contributed by atoms with Gasteiger partial charge in [-0.25, -0.2) is 9.97 Å². The molecule has 2 unspecified atom stereocenters. The van der Waals surface area contributed by atoms with E-state index in [0.29, 0.717) is 55.4 Å². The number of nitrogens with one attached hydrogen (secondary N) is 2. The Bertz CT molecular complexity index is 2190. The standard InChI is InChI=1S/C38H32Cl2N4O6/c1-37(45,47-3)49-23-9-5-7-21(19-23)33-25-11-15-29(41-25)35(39)31-17-13-27(43-31)34(22-8-6-10-24(20-22)50-38(2,46)48-4)28-14-18-32(44-28)36(40)30-16-12-26(33)42-30/h5-20,41,44-46H,1-4H3. The SMILES string of the molecule is COC(C)(O)Oc1cccc(-c2c3nc(c(Cl)c4ccc([nH]4)c(-c4cccc(OC(C)(O)OC)c4)c4nc(c(Cl)c5ccc2[nH]5)C=C4)C=C3)c1. The van der Waals surface area contributed by atoms with E-state index >= 15 is 0 Å². The number of benzene rings is 2. The van der Waals surface area contributed by atoms with Crippen molar-refractivity contribution in [1.29, 1.82) is 0 Å². The second-order valence-corrected chi connectivity index (χ2v) is 12.6. The number of fused-ring (bicyclic) bond motifs is 8. The summed E-state index contributed by atoms with van der Waals surface area (Å²) in [6.45, 7) is 2.82. The number of aliphatic hydroxyl groups is 2. The van der Waals surface area contributed by atoms with Gasteiger partial charge in [-0.2, -0.15) is 0 Å². The van der Waals surface area contributed by atoms with E-state index in [1.165, 1.54) is 28.1 Å². The summed E-state index contributed by atoms with van der Waals surface area (Å²) < 4.78 is 21.5. The zero-order chi connectivity index (χ0) is 35.2. The highest BCUT2D eigenvalue weighted by Gasteiger charge is 2.23. The van der Waals surface area contributed by atoms with Crippen molar-refractivity contribution in [2.75, 3.05) is 14.2 Å². The number of H-pyrrole nitrogens is 2. The molecule has 8 bridgehead atoms. The molecule has 0 amide bonds. The predicted octanol–water partition coefficient (Wildman–Crippen LogP) is 8.68. The normalized spacial score (nSPS) is 14.7. The van der Waals surface area contributed by atoms with Crippen molar-refractivity contribution < 1.29 is 29.2 Å². The van der Waals surface area contributed by atoms with Crippen molar-refractivity contribution in [3.8, 4) is 33.8 Å². The van der Waals surface area contributed by atoms with Crippen LogP contribution in [0.1, 0.15) is 36.6 Å². The largest absolute Gasteiger partial charge is 0.439 e. The molecule has 0 radical (unpaired) electrons. The van der Waals surface area contributed by atoms with E-state index in [0.717, 1.165) is 33.3 Å². The molecule has 0 spiro atoms. The molecule has 2 aliphatic rings. The molecule has 0 saturated carbocycles. The smallest absolute Gasteiger partial charge is 0.321 e. The van der Waals surface area contributed by atoms with Crippen molar-refractivity contribution in [2.24, 2.45) is 0 Å². The predicted molar refractivity (Wildman–Crippen MR) is 196 cm³/mol. The first-order valence-corrected chi connectivity index (χ1v) is 16.3. The number of methoxy groups -OCH3 is 2. The van der Waals surface area contributed by atoms with Crippen molar-refractivity contribution in [3.63, 3.8) is 0 Å². The van der Waals surface area contributed by atoms with E-state index in [2.05, 4.69) is 9.97 Å². The number of aromatic nitrogens is 4. The maximum Gasteiger partial charge on any atom is 0.321 e. The van der Waals surface area contributed by atoms with Crippen LogP contribution in [-0.4, -0.2) is 56.3 Å². The fraction of sp³-hybridized carbons (Fsp3) is 0.158. The molecule has 0 saturated heterocycles. The average Bonchev–Trinajstić information content (AvgIpc) is 3.93. The third-order valence-corrected chi connectivity index (χ3v) is 9.04. The summed E-state index contributed by atoms with van der Waals surface area (Å²) in [5, 5.41) is 21.6. The third-order valence-electron chi connectivity index (χ3n) is 8.24. The van der Waals surface area contributed by atoms with Crippen molar-refractivity contribution >= 4 is 69.6 Å². The third kappa shape index (κ3) is 6.65. The molecule has 4 N–H and O–H groups in total. The van der Waals surface area contributed by atoms with E-state index in [1.54, 1.807) is 24.3 Å². The Labute approximate surface area is 297 Å². The van der Waals surface area contributed by atoms with Crippen LogP contribution in [0.15, 0.2) is 72.8 Å². The molecule has 12 heteroatoms. The summed E-state index contributed by atoms with van der Waals surface area (Å²) >= 11 is 14.1. The summed E-state index contributed by atoms with van der Waals surface area (Å²) in [6.07, 6.45) is 7.49. The van der Waals surface area contributed by atoms with Crippen LogP contribution in [-0.2, 0) is 9.47 Å². The lowest BCUT2D eigenvalue weighted by Crippen LogP contribution is -2.33. The molecule has 254 valence electrons. The van der Waals surface area contributed by atoms with E-state index in [-0.39, 0.29) is 0 Å². The van der Waals surface area contributed by atoms with Gasteiger partial charge in [-0.3, -0.25) is 0 Å². The van der Waals surface area contributed by atoms with Gasteiger partial charge in [0.1, 0.15) is 11.5 Å². The summed E-state index contributed by atoms with van der Waals surface area (Å²) in [4.78, 5) is 16.8. The molecule has 2 atom stereocenters. The number of hydrogen-bond donors (Lipinski definition) is 4. The number of hydrogen-bond acceptors (Lipinski definition) is 8. The minimum absolute atomic E-state index is 0.391. The van der Waals surface area contributed by atoms with Gasteiger partial charge in [-0.1, -0.05) is 47.5 Å². The monoisotopic (exact) mass is 710 g/mol. The van der Waals surface area contributed by atoms with Gasteiger partial charge in [0.05, 0.1) is 43.9 Å². The van der Waals surface area contributed by atoms with Crippen LogP contribution in [0.2, 0.25) is 10.0 Å². The van der Waals surface area contributed by atoms with Crippen molar-refractivity contribution in [3.05, 3.63) is 106 Å². The van der Waals surface area contributed by atoms with Gasteiger partial charge < -0.3 is 39.1 Å². The molecule has 0 aliphatic carbocycles. The number of rotatable bonds is 8. The molecular formula is C38H32Cl2N4O6. The maximum absolute atomic E-state index is 10.4. The molecule has 3 aromatic heterocycles. The molecule has 7 rings (SSSR count). The van der Waals surface area contributed by atoms with Crippen LogP contribution in [0.25, 0.3) is 68.6 Å². The molecule has 2 aliphatic heterocycles. The zero-order valence-electron chi connectivity index (χ0n) is 27.4. The van der Waals surface area contributed by atoms with E-state index in [9.17, 15) is 10.2 Å². The fourth-order valence-corrected chi connectivity index (χ4v) is 6.13. The van der Waals surface area contributed by atoms with Gasteiger partial charge in [0.25, 0.3) is 0 Å². The van der Waals surface area contributed by atoms with Crippen LogP contribution in [0.3, 0.4) is 0 Å². The number of halogens is 2. The van der Waals surface area contributed by atoms with Crippen LogP contribution >= 0.6 is 23.2 Å². The second-order valence-electron chi connectivity index (χ2n) is 11.8. The quantitative estimate of drug-likeness (QED) is 0.115. The molecule has 0 fully saturated rings. The fourth-order valence-electron chi connectivity index (χ4n) is 5.69. The Kier molecular flexibility index (Phi) is 8.77. The molecule has 5 heterocycles. The first-order chi connectivity index (χ1) is 23.9. The van der Waals surface area contributed by atoms with Crippen LogP contribution in [0, 0.1) is 0 Å². The second kappa shape index (κ2) is 13.1. The maximum atomic E-state index is 10.4. The molecule has 50 heavy (non-hydrogen) atoms. The van der Waals surface area contributed by atoms with Gasteiger partial charge in [0, 0.05) is 50.2 Å². The van der Waals surface area contributed by atoms with E-state index < -0.39 is 11.9 Å². The minimum atomic E-state index is -1.82. The van der Waals surface area contributed by atoms with Crippen LogP contribution < -0.4 is 9.47 Å². The van der Waals surface area contributed by atoms with Crippen molar-refractivity contribution in [1.82, 2.24) is 19.9 Å². The lowest BCUT2D eigenvalue weighted by molar-refractivity contribution is -0.294. The summed E-state index contributed by atoms with van der Waals surface area (Å²) in [5.74, 6) is -2.86. The highest BCUT2D eigenvalue weighted by Crippen LogP contribution is 2.37.